The van der Waals surface area contributed by atoms with Crippen LogP contribution in [0.1, 0.15) is 12.5 Å². The number of hydrogen-bond acceptors (Lipinski definition) is 3. The monoisotopic (exact) mass is 374 g/mol. The van der Waals surface area contributed by atoms with E-state index in [1.54, 1.807) is 0 Å². The van der Waals surface area contributed by atoms with Gasteiger partial charge in [0.15, 0.2) is 0 Å². The molecule has 0 fully saturated rings. The van der Waals surface area contributed by atoms with E-state index in [2.05, 4.69) is 61.3 Å². The van der Waals surface area contributed by atoms with Crippen molar-refractivity contribution in [1.82, 2.24) is 0 Å². The summed E-state index contributed by atoms with van der Waals surface area (Å²) in [4.78, 5) is 0. The van der Waals surface area contributed by atoms with Crippen LogP contribution in [0.3, 0.4) is 0 Å². The van der Waals surface area contributed by atoms with Gasteiger partial charge in [-0.2, -0.15) is 5.10 Å². The van der Waals surface area contributed by atoms with E-state index in [0.717, 1.165) is 22.4 Å². The fourth-order valence-corrected chi connectivity index (χ4v) is 6.90. The topological polar surface area (TPSA) is 15.6 Å². The predicted octanol–water partition coefficient (Wildman–Crippen LogP) is 5.53. The summed E-state index contributed by atoms with van der Waals surface area (Å²) >= 11 is 6.28. The smallest absolute Gasteiger partial charge is 0.109 e. The summed E-state index contributed by atoms with van der Waals surface area (Å²) in [6.45, 7) is 2.09. The van der Waals surface area contributed by atoms with Gasteiger partial charge in [0.25, 0.3) is 0 Å². The molecule has 0 aromatic heterocycles. The van der Waals surface area contributed by atoms with Crippen LogP contribution in [-0.4, -0.2) is 5.45 Å². The van der Waals surface area contributed by atoms with Gasteiger partial charge in [-0.3, -0.25) is 0 Å². The first-order valence-electron chi connectivity index (χ1n) is 8.53. The van der Waals surface area contributed by atoms with Crippen LogP contribution >= 0.6 is 6.04 Å². The summed E-state index contributed by atoms with van der Waals surface area (Å²) in [5.74, 6) is 2.25. The summed E-state index contributed by atoms with van der Waals surface area (Å²) < 4.78 is 0. The molecule has 3 aromatic carbocycles. The minimum Gasteiger partial charge on any atom is -0.237 e. The van der Waals surface area contributed by atoms with Gasteiger partial charge in [0, 0.05) is 11.3 Å². The van der Waals surface area contributed by atoms with Crippen molar-refractivity contribution in [2.45, 2.75) is 6.92 Å². The van der Waals surface area contributed by atoms with Gasteiger partial charge >= 0.3 is 0 Å². The fourth-order valence-electron chi connectivity index (χ4n) is 3.13. The van der Waals surface area contributed by atoms with Crippen molar-refractivity contribution in [2.24, 2.45) is 5.10 Å². The van der Waals surface area contributed by atoms with E-state index >= 15 is 0 Å². The molecule has 4 heteroatoms. The molecule has 3 aromatic rings. The van der Waals surface area contributed by atoms with Gasteiger partial charge in [-0.05, 0) is 30.2 Å². The molecule has 0 bridgehead atoms. The maximum atomic E-state index is 6.28. The number of hydrazone groups is 1. The third-order valence-electron chi connectivity index (χ3n) is 4.38. The molecule has 1 aliphatic rings. The molecular weight excluding hydrogens is 355 g/mol. The molecule has 0 amide bonds. The van der Waals surface area contributed by atoms with Gasteiger partial charge in [0.1, 0.15) is 5.45 Å². The van der Waals surface area contributed by atoms with E-state index in [1.165, 1.54) is 5.30 Å². The molecule has 26 heavy (non-hydrogen) atoms. The molecule has 1 heterocycles. The summed E-state index contributed by atoms with van der Waals surface area (Å²) in [5.41, 5.74) is 4.19. The molecule has 0 aliphatic carbocycles. The molecule has 0 radical (unpaired) electrons. The lowest BCUT2D eigenvalue weighted by atomic mass is 10.2. The van der Waals surface area contributed by atoms with Crippen molar-refractivity contribution in [3.05, 3.63) is 108 Å². The zero-order valence-corrected chi connectivity index (χ0v) is 16.2. The molecule has 4 rings (SSSR count). The van der Waals surface area contributed by atoms with Crippen LogP contribution in [0.25, 0.3) is 0 Å². The van der Waals surface area contributed by atoms with Crippen molar-refractivity contribution in [3.63, 3.8) is 0 Å². The molecule has 0 saturated heterocycles. The average molecular weight is 374 g/mol. The van der Waals surface area contributed by atoms with Gasteiger partial charge in [-0.25, -0.2) is 5.01 Å². The number of benzene rings is 3. The van der Waals surface area contributed by atoms with Gasteiger partial charge in [-0.1, -0.05) is 90.7 Å². The van der Waals surface area contributed by atoms with Crippen LogP contribution in [0.5, 0.6) is 0 Å². The lowest BCUT2D eigenvalue weighted by Crippen LogP contribution is -2.25. The Morgan fingerprint density at radius 1 is 0.769 bits per heavy atom. The van der Waals surface area contributed by atoms with Crippen LogP contribution in [0.15, 0.2) is 108 Å². The van der Waals surface area contributed by atoms with Gasteiger partial charge in [-0.15, -0.1) is 0 Å². The largest absolute Gasteiger partial charge is 0.237 e. The highest BCUT2D eigenvalue weighted by molar-refractivity contribution is 8.28. The molecule has 0 N–H and O–H groups in total. The highest BCUT2D eigenvalue weighted by Gasteiger charge is 2.31. The number of rotatable bonds is 3. The minimum atomic E-state index is -2.13. The second-order valence-corrected chi connectivity index (χ2v) is 10.4. The highest BCUT2D eigenvalue weighted by Crippen LogP contribution is 2.54. The SMILES string of the molecule is CC1=C[P@](=S)(c2ccccc2)C(c2ccccc2)=NN1c1ccccc1. The highest BCUT2D eigenvalue weighted by atomic mass is 32.4. The predicted molar refractivity (Wildman–Crippen MR) is 116 cm³/mol. The standard InChI is InChI=1S/C22H19N2PS/c1-18-17-25(26,21-15-9-4-10-16-21)22(19-11-5-2-6-12-19)23-24(18)20-13-7-3-8-14-20/h2-17H,1H3/t25-/m0/s1. The molecule has 1 atom stereocenters. The van der Waals surface area contributed by atoms with E-state index in [0.29, 0.717) is 0 Å². The molecule has 1 aliphatic heterocycles. The third kappa shape index (κ3) is 3.05. The quantitative estimate of drug-likeness (QED) is 0.560. The number of allylic oxidation sites excluding steroid dienone is 1. The van der Waals surface area contributed by atoms with Crippen molar-refractivity contribution in [1.29, 1.82) is 0 Å². The molecule has 0 unspecified atom stereocenters. The Morgan fingerprint density at radius 2 is 1.31 bits per heavy atom. The van der Waals surface area contributed by atoms with Crippen molar-refractivity contribution < 1.29 is 0 Å². The molecule has 2 nitrogen and oxygen atoms in total. The number of para-hydroxylation sites is 1. The van der Waals surface area contributed by atoms with Gasteiger partial charge in [0.05, 0.1) is 11.7 Å². The zero-order valence-electron chi connectivity index (χ0n) is 14.5. The number of hydrogen-bond donors (Lipinski definition) is 0. The lowest BCUT2D eigenvalue weighted by Gasteiger charge is -2.32. The Labute approximate surface area is 159 Å². The zero-order chi connectivity index (χ0) is 18.0. The fraction of sp³-hybridized carbons (Fsp3) is 0.0455. The molecule has 0 saturated carbocycles. The van der Waals surface area contributed by atoms with E-state index < -0.39 is 6.04 Å². The lowest BCUT2D eigenvalue weighted by molar-refractivity contribution is 0.998. The van der Waals surface area contributed by atoms with Crippen LogP contribution in [0.2, 0.25) is 0 Å². The third-order valence-corrected chi connectivity index (χ3v) is 8.63. The number of nitrogens with zero attached hydrogens (tertiary/aromatic N) is 2. The summed E-state index contributed by atoms with van der Waals surface area (Å²) in [6, 6.07) is 28.8. The molecular formula is C22H19N2PS. The first-order chi connectivity index (χ1) is 12.7. The van der Waals surface area contributed by atoms with Crippen LogP contribution in [0, 0.1) is 0 Å². The second kappa shape index (κ2) is 7.03. The number of anilines is 1. The van der Waals surface area contributed by atoms with E-state index in [1.807, 2.05) is 47.5 Å². The van der Waals surface area contributed by atoms with E-state index in [9.17, 15) is 0 Å². The average Bonchev–Trinajstić information content (AvgIpc) is 2.70. The Hall–Kier alpha value is -2.48. The normalized spacial score (nSPS) is 19.7. The van der Waals surface area contributed by atoms with Crippen molar-refractivity contribution in [2.75, 3.05) is 5.01 Å². The Balaban J connectivity index is 1.92. The molecule has 0 spiro atoms. The maximum Gasteiger partial charge on any atom is 0.109 e. The van der Waals surface area contributed by atoms with Gasteiger partial charge < -0.3 is 0 Å². The Morgan fingerprint density at radius 3 is 1.92 bits per heavy atom. The van der Waals surface area contributed by atoms with Crippen LogP contribution in [-0.2, 0) is 11.8 Å². The maximum absolute atomic E-state index is 6.28. The van der Waals surface area contributed by atoms with E-state index in [-0.39, 0.29) is 0 Å². The van der Waals surface area contributed by atoms with Crippen LogP contribution in [0.4, 0.5) is 5.69 Å². The summed E-state index contributed by atoms with van der Waals surface area (Å²) in [6.07, 6.45) is 0. The van der Waals surface area contributed by atoms with Gasteiger partial charge in [0.2, 0.25) is 0 Å². The van der Waals surface area contributed by atoms with Crippen LogP contribution < -0.4 is 10.3 Å². The van der Waals surface area contributed by atoms with E-state index in [4.69, 9.17) is 16.9 Å². The summed E-state index contributed by atoms with van der Waals surface area (Å²) in [7, 11) is 0. The van der Waals surface area contributed by atoms with Crippen molar-refractivity contribution >= 4 is 34.3 Å². The van der Waals surface area contributed by atoms with Crippen molar-refractivity contribution in [3.8, 4) is 0 Å². The molecule has 128 valence electrons. The Kier molecular flexibility index (Phi) is 4.58. The minimum absolute atomic E-state index is 0.980. The second-order valence-electron chi connectivity index (χ2n) is 6.20. The first kappa shape index (κ1) is 17.0. The first-order valence-corrected chi connectivity index (χ1v) is 11.4. The summed E-state index contributed by atoms with van der Waals surface area (Å²) in [5, 5.41) is 8.23. The Bertz CT molecular complexity index is 1010.